The van der Waals surface area contributed by atoms with Gasteiger partial charge in [-0.15, -0.1) is 0 Å². The topological polar surface area (TPSA) is 29.1 Å². The fourth-order valence-electron chi connectivity index (χ4n) is 1.55. The smallest absolute Gasteiger partial charge is 0.251 e. The molecule has 0 aromatic heterocycles. The number of halogens is 2. The predicted octanol–water partition coefficient (Wildman–Crippen LogP) is 3.24. The summed E-state index contributed by atoms with van der Waals surface area (Å²) in [6, 6.07) is 6.98. The van der Waals surface area contributed by atoms with Crippen LogP contribution in [0.1, 0.15) is 23.2 Å². The SMILES string of the molecule is O=C(NCC(Br)C1CC1)c1cccc(Cl)c1. The van der Waals surface area contributed by atoms with E-state index in [4.69, 9.17) is 11.6 Å². The van der Waals surface area contributed by atoms with Gasteiger partial charge in [-0.25, -0.2) is 0 Å². The molecule has 2 rings (SSSR count). The lowest BCUT2D eigenvalue weighted by atomic mass is 10.2. The number of alkyl halides is 1. The zero-order valence-electron chi connectivity index (χ0n) is 8.75. The molecule has 1 aliphatic rings. The zero-order valence-corrected chi connectivity index (χ0v) is 11.1. The molecule has 1 atom stereocenters. The maximum Gasteiger partial charge on any atom is 0.251 e. The van der Waals surface area contributed by atoms with Gasteiger partial charge in [-0.1, -0.05) is 33.6 Å². The first-order valence-electron chi connectivity index (χ1n) is 5.34. The third-order valence-corrected chi connectivity index (χ3v) is 3.98. The Labute approximate surface area is 108 Å². The third-order valence-electron chi connectivity index (χ3n) is 2.68. The number of carbonyl (C=O) groups is 1. The molecule has 86 valence electrons. The summed E-state index contributed by atoms with van der Waals surface area (Å²) in [6.07, 6.45) is 2.53. The van der Waals surface area contributed by atoms with Gasteiger partial charge in [0.05, 0.1) is 0 Å². The Morgan fingerprint density at radius 1 is 1.56 bits per heavy atom. The first-order valence-corrected chi connectivity index (χ1v) is 6.64. The number of carbonyl (C=O) groups excluding carboxylic acids is 1. The lowest BCUT2D eigenvalue weighted by Gasteiger charge is -2.10. The minimum absolute atomic E-state index is 0.0624. The van der Waals surface area contributed by atoms with Crippen molar-refractivity contribution in [1.82, 2.24) is 5.32 Å². The van der Waals surface area contributed by atoms with Gasteiger partial charge in [-0.2, -0.15) is 0 Å². The van der Waals surface area contributed by atoms with E-state index in [1.807, 2.05) is 0 Å². The van der Waals surface area contributed by atoms with Crippen molar-refractivity contribution in [2.45, 2.75) is 17.7 Å². The molecule has 0 radical (unpaired) electrons. The molecule has 1 fully saturated rings. The van der Waals surface area contributed by atoms with Crippen molar-refractivity contribution in [3.63, 3.8) is 0 Å². The van der Waals surface area contributed by atoms with Crippen molar-refractivity contribution < 1.29 is 4.79 Å². The largest absolute Gasteiger partial charge is 0.351 e. The summed E-state index contributed by atoms with van der Waals surface area (Å²) in [4.78, 5) is 12.2. The second-order valence-electron chi connectivity index (χ2n) is 4.07. The summed E-state index contributed by atoms with van der Waals surface area (Å²) in [5.74, 6) is 0.673. The molecule has 4 heteroatoms. The van der Waals surface area contributed by atoms with Crippen LogP contribution in [0.2, 0.25) is 5.02 Å². The minimum Gasteiger partial charge on any atom is -0.351 e. The Morgan fingerprint density at radius 2 is 2.31 bits per heavy atom. The molecule has 1 amide bonds. The number of amides is 1. The molecule has 2 nitrogen and oxygen atoms in total. The van der Waals surface area contributed by atoms with Crippen LogP contribution in [-0.4, -0.2) is 17.3 Å². The van der Waals surface area contributed by atoms with E-state index in [9.17, 15) is 4.79 Å². The van der Waals surface area contributed by atoms with Gasteiger partial charge in [0.15, 0.2) is 0 Å². The van der Waals surface area contributed by atoms with Gasteiger partial charge in [0.1, 0.15) is 0 Å². The summed E-state index contributed by atoms with van der Waals surface area (Å²) in [5, 5.41) is 3.49. The molecule has 0 spiro atoms. The summed E-state index contributed by atoms with van der Waals surface area (Å²) in [5.41, 5.74) is 0.614. The van der Waals surface area contributed by atoms with Crippen molar-refractivity contribution >= 4 is 33.4 Å². The molecule has 1 unspecified atom stereocenters. The Hall–Kier alpha value is -0.540. The van der Waals surface area contributed by atoms with Gasteiger partial charge in [-0.3, -0.25) is 4.79 Å². The van der Waals surface area contributed by atoms with Gasteiger partial charge in [0.25, 0.3) is 5.91 Å². The standard InChI is InChI=1S/C12H13BrClNO/c13-11(8-4-5-8)7-15-12(16)9-2-1-3-10(14)6-9/h1-3,6,8,11H,4-5,7H2,(H,15,16). The van der Waals surface area contributed by atoms with E-state index in [0.717, 1.165) is 5.92 Å². The average Bonchev–Trinajstić information content (AvgIpc) is 3.09. The highest BCUT2D eigenvalue weighted by Crippen LogP contribution is 2.36. The summed E-state index contributed by atoms with van der Waals surface area (Å²) in [6.45, 7) is 0.677. The van der Waals surface area contributed by atoms with Crippen LogP contribution in [0.5, 0.6) is 0 Å². The van der Waals surface area contributed by atoms with Crippen LogP contribution in [-0.2, 0) is 0 Å². The number of hydrogen-bond acceptors (Lipinski definition) is 1. The normalized spacial score (nSPS) is 16.9. The minimum atomic E-state index is -0.0624. The van der Waals surface area contributed by atoms with E-state index >= 15 is 0 Å². The van der Waals surface area contributed by atoms with E-state index in [1.54, 1.807) is 24.3 Å². The lowest BCUT2D eigenvalue weighted by molar-refractivity contribution is 0.0953. The summed E-state index contributed by atoms with van der Waals surface area (Å²) in [7, 11) is 0. The number of nitrogens with one attached hydrogen (secondary N) is 1. The number of benzene rings is 1. The van der Waals surface area contributed by atoms with Crippen LogP contribution in [0.3, 0.4) is 0 Å². The van der Waals surface area contributed by atoms with E-state index in [1.165, 1.54) is 12.8 Å². The van der Waals surface area contributed by atoms with Crippen molar-refractivity contribution in [1.29, 1.82) is 0 Å². The van der Waals surface area contributed by atoms with E-state index in [-0.39, 0.29) is 5.91 Å². The van der Waals surface area contributed by atoms with Crippen molar-refractivity contribution in [2.75, 3.05) is 6.54 Å². The van der Waals surface area contributed by atoms with Crippen LogP contribution in [0, 0.1) is 5.92 Å². The second-order valence-corrected chi connectivity index (χ2v) is 5.69. The van der Waals surface area contributed by atoms with E-state index in [0.29, 0.717) is 22.0 Å². The Kier molecular flexibility index (Phi) is 3.87. The predicted molar refractivity (Wildman–Crippen MR) is 69.2 cm³/mol. The highest BCUT2D eigenvalue weighted by Gasteiger charge is 2.29. The zero-order chi connectivity index (χ0) is 11.5. The first kappa shape index (κ1) is 11.9. The van der Waals surface area contributed by atoms with E-state index < -0.39 is 0 Å². The fraction of sp³-hybridized carbons (Fsp3) is 0.417. The first-order chi connectivity index (χ1) is 7.66. The van der Waals surface area contributed by atoms with Gasteiger partial charge in [0.2, 0.25) is 0 Å². The molecule has 1 aromatic carbocycles. The Bertz CT molecular complexity index is 392. The summed E-state index contributed by atoms with van der Waals surface area (Å²) < 4.78 is 0. The molecule has 16 heavy (non-hydrogen) atoms. The van der Waals surface area contributed by atoms with Crippen molar-refractivity contribution in [2.24, 2.45) is 5.92 Å². The van der Waals surface area contributed by atoms with Crippen LogP contribution in [0.15, 0.2) is 24.3 Å². The number of rotatable bonds is 4. The maximum atomic E-state index is 11.8. The van der Waals surface area contributed by atoms with Crippen molar-refractivity contribution in [3.05, 3.63) is 34.9 Å². The number of hydrogen-bond donors (Lipinski definition) is 1. The molecule has 1 aliphatic carbocycles. The van der Waals surface area contributed by atoms with Gasteiger partial charge in [0, 0.05) is 22.0 Å². The fourth-order valence-corrected chi connectivity index (χ4v) is 2.43. The quantitative estimate of drug-likeness (QED) is 0.850. The average molecular weight is 303 g/mol. The molecule has 0 heterocycles. The monoisotopic (exact) mass is 301 g/mol. The molecule has 0 saturated heterocycles. The van der Waals surface area contributed by atoms with Crippen LogP contribution < -0.4 is 5.32 Å². The maximum absolute atomic E-state index is 11.8. The third kappa shape index (κ3) is 3.22. The molecule has 0 aliphatic heterocycles. The van der Waals surface area contributed by atoms with Crippen LogP contribution >= 0.6 is 27.5 Å². The molecule has 1 saturated carbocycles. The molecular formula is C12H13BrClNO. The van der Waals surface area contributed by atoms with Gasteiger partial charge in [-0.05, 0) is 37.0 Å². The lowest BCUT2D eigenvalue weighted by Crippen LogP contribution is -2.30. The summed E-state index contributed by atoms with van der Waals surface area (Å²) >= 11 is 9.40. The van der Waals surface area contributed by atoms with Crippen LogP contribution in [0.4, 0.5) is 0 Å². The van der Waals surface area contributed by atoms with Crippen LogP contribution in [0.25, 0.3) is 0 Å². The molecular weight excluding hydrogens is 289 g/mol. The van der Waals surface area contributed by atoms with Crippen molar-refractivity contribution in [3.8, 4) is 0 Å². The Balaban J connectivity index is 1.87. The molecule has 1 aromatic rings. The molecule has 0 bridgehead atoms. The highest BCUT2D eigenvalue weighted by molar-refractivity contribution is 9.09. The molecule has 1 N–H and O–H groups in total. The Morgan fingerprint density at radius 3 is 2.94 bits per heavy atom. The van der Waals surface area contributed by atoms with Gasteiger partial charge >= 0.3 is 0 Å². The van der Waals surface area contributed by atoms with E-state index in [2.05, 4.69) is 21.2 Å². The second kappa shape index (κ2) is 5.19. The van der Waals surface area contributed by atoms with Gasteiger partial charge < -0.3 is 5.32 Å². The highest BCUT2D eigenvalue weighted by atomic mass is 79.9.